The molecule has 0 bridgehead atoms. The van der Waals surface area contributed by atoms with Crippen LogP contribution < -0.4 is 10.9 Å². The lowest BCUT2D eigenvalue weighted by molar-refractivity contribution is -0.142. The highest BCUT2D eigenvalue weighted by Crippen LogP contribution is 2.39. The zero-order valence-electron chi connectivity index (χ0n) is 21.2. The molecule has 0 spiro atoms. The molecule has 0 aliphatic carbocycles. The molecule has 2 N–H and O–H groups in total. The summed E-state index contributed by atoms with van der Waals surface area (Å²) in [5, 5.41) is 13.7. The first-order chi connectivity index (χ1) is 17.1. The Morgan fingerprint density at radius 1 is 0.972 bits per heavy atom. The summed E-state index contributed by atoms with van der Waals surface area (Å²) < 4.78 is 11.8. The second kappa shape index (κ2) is 10.0. The number of aliphatic carboxylic acids is 1. The Balaban J connectivity index is 1.71. The normalized spacial score (nSPS) is 12.4. The fraction of sp³-hybridized carbons (Fsp3) is 0.345. The van der Waals surface area contributed by atoms with Crippen LogP contribution in [0.4, 0.5) is 0 Å². The predicted molar refractivity (Wildman–Crippen MR) is 139 cm³/mol. The smallest absolute Gasteiger partial charge is 0.339 e. The van der Waals surface area contributed by atoms with Crippen molar-refractivity contribution in [3.8, 4) is 11.1 Å². The predicted octanol–water partition coefficient (Wildman–Crippen LogP) is 5.68. The van der Waals surface area contributed by atoms with E-state index in [4.69, 9.17) is 8.83 Å². The third-order valence-corrected chi connectivity index (χ3v) is 6.64. The molecule has 0 saturated heterocycles. The number of furan rings is 1. The zero-order valence-corrected chi connectivity index (χ0v) is 21.2. The Bertz CT molecular complexity index is 1510. The van der Waals surface area contributed by atoms with E-state index in [1.54, 1.807) is 0 Å². The molecule has 1 amide bonds. The van der Waals surface area contributed by atoms with E-state index in [1.807, 2.05) is 71.0 Å². The van der Waals surface area contributed by atoms with Crippen LogP contribution in [0.25, 0.3) is 33.1 Å². The minimum atomic E-state index is -1.07. The quantitative estimate of drug-likeness (QED) is 0.308. The lowest BCUT2D eigenvalue weighted by Crippen LogP contribution is -2.41. The number of amides is 1. The van der Waals surface area contributed by atoms with Crippen LogP contribution in [-0.4, -0.2) is 23.0 Å². The van der Waals surface area contributed by atoms with Gasteiger partial charge in [-0.2, -0.15) is 0 Å². The molecule has 2 aromatic heterocycles. The number of aryl methyl sites for hydroxylation is 3. The van der Waals surface area contributed by atoms with Gasteiger partial charge in [-0.25, -0.2) is 9.59 Å². The highest BCUT2D eigenvalue weighted by Gasteiger charge is 2.23. The van der Waals surface area contributed by atoms with Gasteiger partial charge >= 0.3 is 11.6 Å². The number of carbonyl (C=O) groups excluding carboxylic acids is 1. The van der Waals surface area contributed by atoms with E-state index in [0.717, 1.165) is 38.8 Å². The van der Waals surface area contributed by atoms with Gasteiger partial charge in [0.15, 0.2) is 0 Å². The van der Waals surface area contributed by atoms with Crippen LogP contribution in [0.5, 0.6) is 0 Å². The summed E-state index contributed by atoms with van der Waals surface area (Å²) in [4.78, 5) is 36.9. The molecule has 1 atom stereocenters. The van der Waals surface area contributed by atoms with E-state index in [9.17, 15) is 19.5 Å². The minimum absolute atomic E-state index is 0.0136. The van der Waals surface area contributed by atoms with Gasteiger partial charge in [0, 0.05) is 33.9 Å². The molecule has 2 heterocycles. The summed E-state index contributed by atoms with van der Waals surface area (Å²) in [7, 11) is 0. The molecule has 36 heavy (non-hydrogen) atoms. The molecule has 0 radical (unpaired) electrons. The Labute approximate surface area is 209 Å². The van der Waals surface area contributed by atoms with Crippen molar-refractivity contribution in [2.75, 3.05) is 0 Å². The third-order valence-electron chi connectivity index (χ3n) is 6.64. The first-order valence-corrected chi connectivity index (χ1v) is 12.1. The molecule has 188 valence electrons. The number of carbonyl (C=O) groups is 2. The van der Waals surface area contributed by atoms with Crippen molar-refractivity contribution in [2.45, 2.75) is 59.9 Å². The van der Waals surface area contributed by atoms with Crippen LogP contribution in [0.3, 0.4) is 0 Å². The maximum Gasteiger partial charge on any atom is 0.339 e. The van der Waals surface area contributed by atoms with Gasteiger partial charge in [0.05, 0.1) is 0 Å². The lowest BCUT2D eigenvalue weighted by Gasteiger charge is -2.16. The average Bonchev–Trinajstić information content (AvgIpc) is 3.16. The standard InChI is InChI=1S/C29H31NO6/c1-15(2)13-23(28(32)33)30-24(31)12-11-20-16(3)21-14-22-25(19-9-7-6-8-10-19)18(5)35-27(22)17(4)26(21)36-29(20)34/h6-10,14-15,23H,11-13H2,1-5H3,(H,30,31)(H,32,33). The van der Waals surface area contributed by atoms with Crippen molar-refractivity contribution in [1.82, 2.24) is 5.32 Å². The number of rotatable bonds is 8. The summed E-state index contributed by atoms with van der Waals surface area (Å²) >= 11 is 0. The van der Waals surface area contributed by atoms with E-state index in [-0.39, 0.29) is 18.8 Å². The maximum absolute atomic E-state index is 12.9. The minimum Gasteiger partial charge on any atom is -0.480 e. The fourth-order valence-electron chi connectivity index (χ4n) is 4.82. The number of benzene rings is 2. The molecule has 1 unspecified atom stereocenters. The van der Waals surface area contributed by atoms with Gasteiger partial charge in [0.25, 0.3) is 0 Å². The first-order valence-electron chi connectivity index (χ1n) is 12.1. The van der Waals surface area contributed by atoms with Gasteiger partial charge in [0.1, 0.15) is 23.0 Å². The molecule has 0 saturated carbocycles. The van der Waals surface area contributed by atoms with E-state index in [1.165, 1.54) is 0 Å². The van der Waals surface area contributed by atoms with Crippen molar-refractivity contribution < 1.29 is 23.5 Å². The summed E-state index contributed by atoms with van der Waals surface area (Å²) in [5.74, 6) is -0.581. The summed E-state index contributed by atoms with van der Waals surface area (Å²) in [6, 6.07) is 11.0. The molecule has 0 aliphatic heterocycles. The van der Waals surface area contributed by atoms with Gasteiger partial charge in [-0.3, -0.25) is 4.79 Å². The average molecular weight is 490 g/mol. The van der Waals surface area contributed by atoms with Gasteiger partial charge in [0.2, 0.25) is 5.91 Å². The van der Waals surface area contributed by atoms with Crippen molar-refractivity contribution in [1.29, 1.82) is 0 Å². The highest BCUT2D eigenvalue weighted by molar-refractivity contribution is 6.05. The van der Waals surface area contributed by atoms with Crippen LogP contribution in [0.15, 0.2) is 50.0 Å². The number of hydrogen-bond donors (Lipinski definition) is 2. The monoisotopic (exact) mass is 489 g/mol. The summed E-state index contributed by atoms with van der Waals surface area (Å²) in [5.41, 5.74) is 4.57. The van der Waals surface area contributed by atoms with Crippen molar-refractivity contribution in [2.24, 2.45) is 5.92 Å². The Hall–Kier alpha value is -3.87. The second-order valence-electron chi connectivity index (χ2n) is 9.74. The molecule has 7 heteroatoms. The van der Waals surface area contributed by atoms with Crippen molar-refractivity contribution >= 4 is 33.8 Å². The second-order valence-corrected chi connectivity index (χ2v) is 9.74. The Morgan fingerprint density at radius 2 is 1.64 bits per heavy atom. The van der Waals surface area contributed by atoms with Crippen molar-refractivity contribution in [3.05, 3.63) is 69.3 Å². The molecular weight excluding hydrogens is 458 g/mol. The van der Waals surface area contributed by atoms with E-state index in [0.29, 0.717) is 23.2 Å². The molecule has 4 aromatic rings. The zero-order chi connectivity index (χ0) is 26.1. The largest absolute Gasteiger partial charge is 0.480 e. The van der Waals surface area contributed by atoms with Crippen LogP contribution >= 0.6 is 0 Å². The number of nitrogens with one attached hydrogen (secondary N) is 1. The third kappa shape index (κ3) is 4.78. The molecule has 0 fully saturated rings. The van der Waals surface area contributed by atoms with E-state index < -0.39 is 23.5 Å². The Morgan fingerprint density at radius 3 is 2.28 bits per heavy atom. The lowest BCUT2D eigenvalue weighted by atomic mass is 9.96. The summed E-state index contributed by atoms with van der Waals surface area (Å²) in [6.45, 7) is 9.44. The number of carboxylic acid groups (broad SMARTS) is 1. The van der Waals surface area contributed by atoms with Gasteiger partial charge < -0.3 is 19.3 Å². The highest BCUT2D eigenvalue weighted by atomic mass is 16.4. The Kier molecular flexibility index (Phi) is 7.02. The van der Waals surface area contributed by atoms with Crippen LogP contribution in [0.2, 0.25) is 0 Å². The number of carboxylic acids is 1. The first kappa shape index (κ1) is 25.2. The van der Waals surface area contributed by atoms with Gasteiger partial charge in [-0.05, 0) is 56.7 Å². The molecular formula is C29H31NO6. The molecule has 0 aliphatic rings. The number of fused-ring (bicyclic) bond motifs is 2. The van der Waals surface area contributed by atoms with Gasteiger partial charge in [-0.15, -0.1) is 0 Å². The molecule has 7 nitrogen and oxygen atoms in total. The molecule has 2 aromatic carbocycles. The van der Waals surface area contributed by atoms with E-state index >= 15 is 0 Å². The summed E-state index contributed by atoms with van der Waals surface area (Å²) in [6.07, 6.45) is 0.471. The van der Waals surface area contributed by atoms with E-state index in [2.05, 4.69) is 5.32 Å². The maximum atomic E-state index is 12.9. The van der Waals surface area contributed by atoms with Crippen molar-refractivity contribution in [3.63, 3.8) is 0 Å². The SMILES string of the molecule is Cc1oc2c(C)c3oc(=O)c(CCC(=O)NC(CC(C)C)C(=O)O)c(C)c3cc2c1-c1ccccc1. The topological polar surface area (TPSA) is 110 Å². The van der Waals surface area contributed by atoms with Crippen LogP contribution in [0, 0.1) is 26.7 Å². The van der Waals surface area contributed by atoms with Gasteiger partial charge in [-0.1, -0.05) is 44.2 Å². The number of hydrogen-bond acceptors (Lipinski definition) is 5. The van der Waals surface area contributed by atoms with Crippen LogP contribution in [0.1, 0.15) is 49.1 Å². The fourth-order valence-corrected chi connectivity index (χ4v) is 4.82. The molecule has 4 rings (SSSR count). The van der Waals surface area contributed by atoms with Crippen LogP contribution in [-0.2, 0) is 16.0 Å².